The van der Waals surface area contributed by atoms with Crippen LogP contribution in [-0.4, -0.2) is 49.7 Å². The van der Waals surface area contributed by atoms with Crippen molar-refractivity contribution in [3.05, 3.63) is 29.8 Å². The minimum absolute atomic E-state index is 0.0161. The van der Waals surface area contributed by atoms with E-state index in [9.17, 15) is 9.59 Å². The third-order valence-electron chi connectivity index (χ3n) is 3.85. The summed E-state index contributed by atoms with van der Waals surface area (Å²) in [6.45, 7) is 13.8. The monoisotopic (exact) mass is 419 g/mol. The molecular weight excluding hydrogens is 382 g/mol. The van der Waals surface area contributed by atoms with Gasteiger partial charge in [-0.25, -0.2) is 4.79 Å². The van der Waals surface area contributed by atoms with Crippen molar-refractivity contribution in [2.75, 3.05) is 31.5 Å². The van der Waals surface area contributed by atoms with E-state index in [2.05, 4.69) is 26.3 Å². The number of ether oxygens (including phenoxy) is 1. The quantitative estimate of drug-likeness (QED) is 0.280. The molecule has 8 heteroatoms. The van der Waals surface area contributed by atoms with Crippen LogP contribution in [0.2, 0.25) is 0 Å². The predicted molar refractivity (Wildman–Crippen MR) is 122 cm³/mol. The van der Waals surface area contributed by atoms with E-state index in [0.29, 0.717) is 25.3 Å². The van der Waals surface area contributed by atoms with Gasteiger partial charge < -0.3 is 20.7 Å². The SMILES string of the molecule is CCNC(=NCCc1ccc(NC(=O)OC(C)(C)C)cc1)NCCNC(=O)C(C)C. The van der Waals surface area contributed by atoms with Gasteiger partial charge in [0.2, 0.25) is 5.91 Å². The zero-order valence-electron chi connectivity index (χ0n) is 19.1. The van der Waals surface area contributed by atoms with Gasteiger partial charge in [-0.3, -0.25) is 15.1 Å². The molecule has 1 aromatic rings. The largest absolute Gasteiger partial charge is 0.444 e. The fourth-order valence-corrected chi connectivity index (χ4v) is 2.39. The minimum Gasteiger partial charge on any atom is -0.444 e. The first kappa shape index (κ1) is 25.3. The second kappa shape index (κ2) is 12.7. The van der Waals surface area contributed by atoms with Crippen molar-refractivity contribution in [2.45, 2.75) is 53.6 Å². The van der Waals surface area contributed by atoms with E-state index in [-0.39, 0.29) is 11.8 Å². The molecule has 1 rings (SSSR count). The first-order valence-electron chi connectivity index (χ1n) is 10.5. The molecule has 1 aromatic carbocycles. The molecule has 0 saturated carbocycles. The molecule has 0 heterocycles. The summed E-state index contributed by atoms with van der Waals surface area (Å²) in [6.07, 6.45) is 0.304. The van der Waals surface area contributed by atoms with Crippen LogP contribution < -0.4 is 21.3 Å². The molecule has 0 atom stereocenters. The summed E-state index contributed by atoms with van der Waals surface area (Å²) in [5, 5.41) is 12.0. The van der Waals surface area contributed by atoms with E-state index in [1.165, 1.54) is 0 Å². The molecule has 30 heavy (non-hydrogen) atoms. The highest BCUT2D eigenvalue weighted by atomic mass is 16.6. The Kier molecular flexibility index (Phi) is 10.7. The van der Waals surface area contributed by atoms with Gasteiger partial charge >= 0.3 is 6.09 Å². The molecule has 0 fully saturated rings. The lowest BCUT2D eigenvalue weighted by molar-refractivity contribution is -0.123. The first-order chi connectivity index (χ1) is 14.1. The molecule has 8 nitrogen and oxygen atoms in total. The molecule has 168 valence electrons. The van der Waals surface area contributed by atoms with Crippen molar-refractivity contribution in [1.29, 1.82) is 0 Å². The molecule has 0 saturated heterocycles. The van der Waals surface area contributed by atoms with Gasteiger partial charge in [0.25, 0.3) is 0 Å². The summed E-state index contributed by atoms with van der Waals surface area (Å²) < 4.78 is 5.25. The van der Waals surface area contributed by atoms with Crippen LogP contribution in [0.1, 0.15) is 47.1 Å². The van der Waals surface area contributed by atoms with E-state index in [1.54, 1.807) is 0 Å². The van der Waals surface area contributed by atoms with Crippen LogP contribution in [0.4, 0.5) is 10.5 Å². The normalized spacial score (nSPS) is 11.8. The second-order valence-corrected chi connectivity index (χ2v) is 8.21. The summed E-state index contributed by atoms with van der Waals surface area (Å²) in [7, 11) is 0. The lowest BCUT2D eigenvalue weighted by Crippen LogP contribution is -2.42. The van der Waals surface area contributed by atoms with Gasteiger partial charge in [-0.2, -0.15) is 0 Å². The number of nitrogens with one attached hydrogen (secondary N) is 4. The van der Waals surface area contributed by atoms with Crippen LogP contribution in [0.15, 0.2) is 29.3 Å². The highest BCUT2D eigenvalue weighted by molar-refractivity contribution is 5.84. The zero-order valence-corrected chi connectivity index (χ0v) is 19.1. The Labute approximate surface area is 180 Å². The smallest absolute Gasteiger partial charge is 0.412 e. The molecule has 0 radical (unpaired) electrons. The van der Waals surface area contributed by atoms with Crippen molar-refractivity contribution >= 4 is 23.6 Å². The number of carbonyl (C=O) groups excluding carboxylic acids is 2. The Morgan fingerprint density at radius 3 is 2.23 bits per heavy atom. The number of hydrogen-bond donors (Lipinski definition) is 4. The molecule has 0 aromatic heterocycles. The third kappa shape index (κ3) is 11.3. The van der Waals surface area contributed by atoms with Crippen molar-refractivity contribution < 1.29 is 14.3 Å². The van der Waals surface area contributed by atoms with Crippen LogP contribution in [0.25, 0.3) is 0 Å². The molecule has 4 N–H and O–H groups in total. The Morgan fingerprint density at radius 2 is 1.67 bits per heavy atom. The van der Waals surface area contributed by atoms with Crippen molar-refractivity contribution in [3.63, 3.8) is 0 Å². The molecule has 0 aliphatic carbocycles. The van der Waals surface area contributed by atoms with Gasteiger partial charge in [-0.05, 0) is 51.8 Å². The maximum absolute atomic E-state index is 11.8. The average molecular weight is 420 g/mol. The highest BCUT2D eigenvalue weighted by Crippen LogP contribution is 2.13. The van der Waals surface area contributed by atoms with Gasteiger partial charge in [-0.15, -0.1) is 0 Å². The van der Waals surface area contributed by atoms with Gasteiger partial charge in [-0.1, -0.05) is 26.0 Å². The minimum atomic E-state index is -0.527. The summed E-state index contributed by atoms with van der Waals surface area (Å²) in [5.74, 6) is 0.750. The van der Waals surface area contributed by atoms with Crippen LogP contribution in [0.5, 0.6) is 0 Å². The van der Waals surface area contributed by atoms with Gasteiger partial charge in [0.05, 0.1) is 0 Å². The number of carbonyl (C=O) groups is 2. The van der Waals surface area contributed by atoms with Crippen LogP contribution in [0.3, 0.4) is 0 Å². The number of amides is 2. The number of aliphatic imine (C=N–C) groups is 1. The van der Waals surface area contributed by atoms with E-state index in [4.69, 9.17) is 4.74 Å². The number of hydrogen-bond acceptors (Lipinski definition) is 4. The van der Waals surface area contributed by atoms with Gasteiger partial charge in [0, 0.05) is 37.8 Å². The van der Waals surface area contributed by atoms with Crippen LogP contribution in [0, 0.1) is 5.92 Å². The maximum atomic E-state index is 11.8. The fourth-order valence-electron chi connectivity index (χ4n) is 2.39. The molecule has 0 aliphatic heterocycles. The van der Waals surface area contributed by atoms with Gasteiger partial charge in [0.15, 0.2) is 5.96 Å². The summed E-state index contributed by atoms with van der Waals surface area (Å²) in [4.78, 5) is 27.9. The van der Waals surface area contributed by atoms with E-state index in [0.717, 1.165) is 24.5 Å². The standard InChI is InChI=1S/C22H37N5O3/c1-7-23-20(26-15-14-24-19(28)16(2)3)25-13-12-17-8-10-18(11-9-17)27-21(29)30-22(4,5)6/h8-11,16H,7,12-15H2,1-6H3,(H,24,28)(H,27,29)(H2,23,25,26). The summed E-state index contributed by atoms with van der Waals surface area (Å²) >= 11 is 0. The summed E-state index contributed by atoms with van der Waals surface area (Å²) in [5.41, 5.74) is 1.28. The number of anilines is 1. The van der Waals surface area contributed by atoms with Crippen LogP contribution >= 0.6 is 0 Å². The Hall–Kier alpha value is -2.77. The lowest BCUT2D eigenvalue weighted by Gasteiger charge is -2.19. The maximum Gasteiger partial charge on any atom is 0.412 e. The molecular formula is C22H37N5O3. The van der Waals surface area contributed by atoms with E-state index in [1.807, 2.05) is 65.8 Å². The van der Waals surface area contributed by atoms with E-state index >= 15 is 0 Å². The van der Waals surface area contributed by atoms with E-state index < -0.39 is 11.7 Å². The van der Waals surface area contributed by atoms with Crippen LogP contribution in [-0.2, 0) is 16.0 Å². The zero-order chi connectivity index (χ0) is 22.6. The highest BCUT2D eigenvalue weighted by Gasteiger charge is 2.16. The Morgan fingerprint density at radius 1 is 1.03 bits per heavy atom. The number of benzene rings is 1. The van der Waals surface area contributed by atoms with Crippen molar-refractivity contribution in [2.24, 2.45) is 10.9 Å². The Bertz CT molecular complexity index is 694. The fraction of sp³-hybridized carbons (Fsp3) is 0.591. The first-order valence-corrected chi connectivity index (χ1v) is 10.5. The molecule has 0 aliphatic rings. The lowest BCUT2D eigenvalue weighted by atomic mass is 10.1. The average Bonchev–Trinajstić information content (AvgIpc) is 2.64. The number of guanidine groups is 1. The van der Waals surface area contributed by atoms with Crippen molar-refractivity contribution in [1.82, 2.24) is 16.0 Å². The molecule has 0 spiro atoms. The molecule has 0 unspecified atom stereocenters. The number of nitrogens with zero attached hydrogens (tertiary/aromatic N) is 1. The topological polar surface area (TPSA) is 104 Å². The molecule has 2 amide bonds. The summed E-state index contributed by atoms with van der Waals surface area (Å²) in [6, 6.07) is 7.63. The second-order valence-electron chi connectivity index (χ2n) is 8.21. The third-order valence-corrected chi connectivity index (χ3v) is 3.85. The van der Waals surface area contributed by atoms with Crippen molar-refractivity contribution in [3.8, 4) is 0 Å². The predicted octanol–water partition coefficient (Wildman–Crippen LogP) is 2.90. The molecule has 0 bridgehead atoms. The number of rotatable bonds is 9. The Balaban J connectivity index is 2.45. The van der Waals surface area contributed by atoms with Gasteiger partial charge in [0.1, 0.15) is 5.60 Å².